The summed E-state index contributed by atoms with van der Waals surface area (Å²) in [5, 5.41) is 3.33. The van der Waals surface area contributed by atoms with E-state index < -0.39 is 0 Å². The van der Waals surface area contributed by atoms with E-state index >= 15 is 0 Å². The Hall–Kier alpha value is -1.42. The molecule has 0 bridgehead atoms. The van der Waals surface area contributed by atoms with Gasteiger partial charge in [0.15, 0.2) is 0 Å². The van der Waals surface area contributed by atoms with Crippen molar-refractivity contribution in [1.82, 2.24) is 10.2 Å². The molecule has 1 aromatic rings. The van der Waals surface area contributed by atoms with Gasteiger partial charge in [0.2, 0.25) is 0 Å². The highest BCUT2D eigenvalue weighted by Crippen LogP contribution is 2.16. The summed E-state index contributed by atoms with van der Waals surface area (Å²) in [6, 6.07) is 4.73. The summed E-state index contributed by atoms with van der Waals surface area (Å²) in [6.07, 6.45) is 2.21. The Bertz CT molecular complexity index is 470. The first-order chi connectivity index (χ1) is 9.61. The number of hydrogen-bond acceptors (Lipinski definition) is 2. The van der Waals surface area contributed by atoms with Gasteiger partial charge in [-0.25, -0.2) is 4.39 Å². The molecule has 20 heavy (non-hydrogen) atoms. The summed E-state index contributed by atoms with van der Waals surface area (Å²) in [4.78, 5) is 14.3. The van der Waals surface area contributed by atoms with Gasteiger partial charge in [-0.05, 0) is 63.4 Å². The standard InChI is InChI=1S/C16H23FN2O/c1-3-19(11-13-6-8-18-9-7-13)16(20)14-5-4-12(2)15(17)10-14/h4-5,10,13,18H,3,6-9,11H2,1-2H3. The van der Waals surface area contributed by atoms with Gasteiger partial charge in [-0.2, -0.15) is 0 Å². The number of aryl methyl sites for hydroxylation is 1. The summed E-state index contributed by atoms with van der Waals surface area (Å²) in [6.45, 7) is 7.16. The number of nitrogens with zero attached hydrogens (tertiary/aromatic N) is 1. The van der Waals surface area contributed by atoms with Crippen molar-refractivity contribution in [3.63, 3.8) is 0 Å². The molecule has 0 aromatic heterocycles. The molecule has 1 aliphatic rings. The number of hydrogen-bond donors (Lipinski definition) is 1. The van der Waals surface area contributed by atoms with E-state index in [1.165, 1.54) is 6.07 Å². The molecule has 0 saturated carbocycles. The molecule has 1 amide bonds. The average molecular weight is 278 g/mol. The molecule has 0 radical (unpaired) electrons. The predicted octanol–water partition coefficient (Wildman–Crippen LogP) is 2.60. The van der Waals surface area contributed by atoms with Crippen molar-refractivity contribution in [2.45, 2.75) is 26.7 Å². The molecule has 1 N–H and O–H groups in total. The van der Waals surface area contributed by atoms with E-state index in [0.29, 0.717) is 23.6 Å². The second-order valence-electron chi connectivity index (χ2n) is 5.50. The maximum absolute atomic E-state index is 13.6. The molecule has 0 spiro atoms. The van der Waals surface area contributed by atoms with Gasteiger partial charge in [0.1, 0.15) is 5.82 Å². The highest BCUT2D eigenvalue weighted by atomic mass is 19.1. The first-order valence-corrected chi connectivity index (χ1v) is 7.38. The maximum atomic E-state index is 13.6. The summed E-state index contributed by atoms with van der Waals surface area (Å²) in [7, 11) is 0. The van der Waals surface area contributed by atoms with Gasteiger partial charge in [-0.1, -0.05) is 6.07 Å². The lowest BCUT2D eigenvalue weighted by Crippen LogP contribution is -2.39. The van der Waals surface area contributed by atoms with E-state index in [4.69, 9.17) is 0 Å². The quantitative estimate of drug-likeness (QED) is 0.918. The monoisotopic (exact) mass is 278 g/mol. The van der Waals surface area contributed by atoms with Crippen LogP contribution in [0.2, 0.25) is 0 Å². The molecular formula is C16H23FN2O. The summed E-state index contributed by atoms with van der Waals surface area (Å²) in [5.74, 6) is 0.175. The smallest absolute Gasteiger partial charge is 0.253 e. The molecule has 0 unspecified atom stereocenters. The number of halogens is 1. The number of carbonyl (C=O) groups is 1. The second-order valence-corrected chi connectivity index (χ2v) is 5.50. The maximum Gasteiger partial charge on any atom is 0.253 e. The Morgan fingerprint density at radius 3 is 2.70 bits per heavy atom. The van der Waals surface area contributed by atoms with Crippen molar-refractivity contribution >= 4 is 5.91 Å². The van der Waals surface area contributed by atoms with Gasteiger partial charge >= 0.3 is 0 Å². The fourth-order valence-corrected chi connectivity index (χ4v) is 2.64. The van der Waals surface area contributed by atoms with Crippen LogP contribution in [0.1, 0.15) is 35.7 Å². The van der Waals surface area contributed by atoms with Crippen molar-refractivity contribution in [2.75, 3.05) is 26.2 Å². The minimum absolute atomic E-state index is 0.0649. The van der Waals surface area contributed by atoms with Gasteiger partial charge in [-0.3, -0.25) is 4.79 Å². The molecule has 0 atom stereocenters. The van der Waals surface area contributed by atoms with Crippen LogP contribution in [0.4, 0.5) is 4.39 Å². The Morgan fingerprint density at radius 2 is 2.10 bits per heavy atom. The lowest BCUT2D eigenvalue weighted by molar-refractivity contribution is 0.0726. The number of nitrogens with one attached hydrogen (secondary N) is 1. The summed E-state index contributed by atoms with van der Waals surface area (Å²) in [5.41, 5.74) is 1.02. The van der Waals surface area contributed by atoms with Crippen molar-refractivity contribution in [3.8, 4) is 0 Å². The van der Waals surface area contributed by atoms with E-state index in [1.54, 1.807) is 19.1 Å². The lowest BCUT2D eigenvalue weighted by Gasteiger charge is -2.29. The van der Waals surface area contributed by atoms with Crippen molar-refractivity contribution in [2.24, 2.45) is 5.92 Å². The fraction of sp³-hybridized carbons (Fsp3) is 0.562. The Morgan fingerprint density at radius 1 is 1.40 bits per heavy atom. The number of amides is 1. The molecule has 1 fully saturated rings. The number of benzene rings is 1. The van der Waals surface area contributed by atoms with Gasteiger partial charge in [0.05, 0.1) is 0 Å². The van der Waals surface area contributed by atoms with Crippen LogP contribution in [-0.2, 0) is 0 Å². The fourth-order valence-electron chi connectivity index (χ4n) is 2.64. The largest absolute Gasteiger partial charge is 0.339 e. The van der Waals surface area contributed by atoms with Gasteiger partial charge < -0.3 is 10.2 Å². The van der Waals surface area contributed by atoms with Crippen LogP contribution >= 0.6 is 0 Å². The number of piperidine rings is 1. The molecule has 2 rings (SSSR count). The third kappa shape index (κ3) is 3.57. The molecule has 1 heterocycles. The molecule has 3 nitrogen and oxygen atoms in total. The zero-order chi connectivity index (χ0) is 14.5. The first-order valence-electron chi connectivity index (χ1n) is 7.38. The lowest BCUT2D eigenvalue weighted by atomic mass is 9.97. The number of rotatable bonds is 4. The van der Waals surface area contributed by atoms with Crippen LogP contribution in [0.5, 0.6) is 0 Å². The van der Waals surface area contributed by atoms with Crippen molar-refractivity contribution in [1.29, 1.82) is 0 Å². The highest BCUT2D eigenvalue weighted by molar-refractivity contribution is 5.94. The van der Waals surface area contributed by atoms with E-state index in [2.05, 4.69) is 5.32 Å². The molecule has 1 aromatic carbocycles. The van der Waals surface area contributed by atoms with Gasteiger partial charge in [0, 0.05) is 18.7 Å². The molecule has 1 aliphatic heterocycles. The molecule has 4 heteroatoms. The van der Waals surface area contributed by atoms with E-state index in [1.807, 2.05) is 11.8 Å². The first kappa shape index (κ1) is 15.0. The SMILES string of the molecule is CCN(CC1CCNCC1)C(=O)c1ccc(C)c(F)c1. The minimum Gasteiger partial charge on any atom is -0.339 e. The van der Waals surface area contributed by atoms with Gasteiger partial charge in [0.25, 0.3) is 5.91 Å². The third-order valence-corrected chi connectivity index (χ3v) is 4.03. The summed E-state index contributed by atoms with van der Waals surface area (Å²) < 4.78 is 13.6. The van der Waals surface area contributed by atoms with Crippen LogP contribution in [0, 0.1) is 18.7 Å². The molecule has 1 saturated heterocycles. The van der Waals surface area contributed by atoms with E-state index in [9.17, 15) is 9.18 Å². The average Bonchev–Trinajstić information content (AvgIpc) is 2.48. The second kappa shape index (κ2) is 6.84. The molecule has 110 valence electrons. The van der Waals surface area contributed by atoms with Crippen LogP contribution in [0.25, 0.3) is 0 Å². The Balaban J connectivity index is 2.05. The summed E-state index contributed by atoms with van der Waals surface area (Å²) >= 11 is 0. The van der Waals surface area contributed by atoms with Crippen LogP contribution in [0.15, 0.2) is 18.2 Å². The number of carbonyl (C=O) groups excluding carboxylic acids is 1. The zero-order valence-corrected chi connectivity index (χ0v) is 12.3. The van der Waals surface area contributed by atoms with E-state index in [0.717, 1.165) is 32.5 Å². The topological polar surface area (TPSA) is 32.3 Å². The molecular weight excluding hydrogens is 255 g/mol. The van der Waals surface area contributed by atoms with Gasteiger partial charge in [-0.15, -0.1) is 0 Å². The Labute approximate surface area is 120 Å². The minimum atomic E-state index is -0.311. The zero-order valence-electron chi connectivity index (χ0n) is 12.3. The highest BCUT2D eigenvalue weighted by Gasteiger charge is 2.21. The van der Waals surface area contributed by atoms with Crippen LogP contribution in [0.3, 0.4) is 0 Å². The van der Waals surface area contributed by atoms with E-state index in [-0.39, 0.29) is 11.7 Å². The Kier molecular flexibility index (Phi) is 5.12. The van der Waals surface area contributed by atoms with Crippen molar-refractivity contribution in [3.05, 3.63) is 35.1 Å². The van der Waals surface area contributed by atoms with Crippen LogP contribution < -0.4 is 5.32 Å². The molecule has 0 aliphatic carbocycles. The van der Waals surface area contributed by atoms with Crippen LogP contribution in [-0.4, -0.2) is 37.0 Å². The normalized spacial score (nSPS) is 16.1. The van der Waals surface area contributed by atoms with Crippen molar-refractivity contribution < 1.29 is 9.18 Å². The predicted molar refractivity (Wildman–Crippen MR) is 78.3 cm³/mol. The third-order valence-electron chi connectivity index (χ3n) is 4.03.